The van der Waals surface area contributed by atoms with Gasteiger partial charge in [0.15, 0.2) is 0 Å². The first-order valence-electron chi connectivity index (χ1n) is 8.17. The van der Waals surface area contributed by atoms with Gasteiger partial charge in [-0.15, -0.1) is 0 Å². The minimum absolute atomic E-state index is 1.07. The first-order valence-corrected chi connectivity index (χ1v) is 8.17. The summed E-state index contributed by atoms with van der Waals surface area (Å²) in [5.74, 6) is 0. The third-order valence-electron chi connectivity index (χ3n) is 3.61. The van der Waals surface area contributed by atoms with E-state index < -0.39 is 0 Å². The monoisotopic (exact) mass is 276 g/mol. The highest BCUT2D eigenvalue weighted by Crippen LogP contribution is 2.08. The lowest BCUT2D eigenvalue weighted by molar-refractivity contribution is 0.316. The Morgan fingerprint density at radius 2 is 1.85 bits per heavy atom. The van der Waals surface area contributed by atoms with Crippen LogP contribution in [0.4, 0.5) is 0 Å². The zero-order chi connectivity index (χ0) is 14.6. The summed E-state index contributed by atoms with van der Waals surface area (Å²) >= 11 is 0. The third kappa shape index (κ3) is 8.34. The molecule has 20 heavy (non-hydrogen) atoms. The van der Waals surface area contributed by atoms with E-state index >= 15 is 0 Å². The van der Waals surface area contributed by atoms with Gasteiger partial charge in [-0.25, -0.2) is 0 Å². The zero-order valence-corrected chi connectivity index (χ0v) is 13.6. The van der Waals surface area contributed by atoms with Gasteiger partial charge >= 0.3 is 0 Å². The maximum atomic E-state index is 3.46. The number of hydrogen-bond acceptors (Lipinski definition) is 2. The average Bonchev–Trinajstić information content (AvgIpc) is 2.42. The molecule has 1 N–H and O–H groups in total. The van der Waals surface area contributed by atoms with Crippen molar-refractivity contribution in [3.63, 3.8) is 0 Å². The van der Waals surface area contributed by atoms with E-state index in [2.05, 4.69) is 55.4 Å². The normalized spacial score (nSPS) is 11.2. The Morgan fingerprint density at radius 1 is 1.05 bits per heavy atom. The van der Waals surface area contributed by atoms with Gasteiger partial charge in [-0.05, 0) is 58.4 Å². The van der Waals surface area contributed by atoms with Crippen molar-refractivity contribution in [2.24, 2.45) is 0 Å². The fourth-order valence-electron chi connectivity index (χ4n) is 2.49. The Morgan fingerprint density at radius 3 is 2.60 bits per heavy atom. The van der Waals surface area contributed by atoms with E-state index in [-0.39, 0.29) is 0 Å². The minimum atomic E-state index is 1.07. The minimum Gasteiger partial charge on any atom is -0.317 e. The van der Waals surface area contributed by atoms with Crippen LogP contribution in [0, 0.1) is 6.92 Å². The van der Waals surface area contributed by atoms with Crippen molar-refractivity contribution < 1.29 is 0 Å². The standard InChI is InChI=1S/C18H32N2/c1-4-12-19-13-7-5-6-8-14-20(3)16-18-11-9-10-17(2)15-18/h9-11,15,19H,4-8,12-14,16H2,1-3H3. The van der Waals surface area contributed by atoms with Gasteiger partial charge in [-0.2, -0.15) is 0 Å². The van der Waals surface area contributed by atoms with Crippen LogP contribution in [0.3, 0.4) is 0 Å². The lowest BCUT2D eigenvalue weighted by Crippen LogP contribution is -2.19. The molecule has 0 spiro atoms. The molecule has 0 bridgehead atoms. The van der Waals surface area contributed by atoms with E-state index in [9.17, 15) is 0 Å². The van der Waals surface area contributed by atoms with Crippen LogP contribution < -0.4 is 5.32 Å². The Kier molecular flexibility index (Phi) is 9.35. The van der Waals surface area contributed by atoms with Crippen molar-refractivity contribution >= 4 is 0 Å². The Bertz CT molecular complexity index is 349. The van der Waals surface area contributed by atoms with E-state index in [1.54, 1.807) is 0 Å². The SMILES string of the molecule is CCCNCCCCCCN(C)Cc1cccc(C)c1. The zero-order valence-electron chi connectivity index (χ0n) is 13.6. The summed E-state index contributed by atoms with van der Waals surface area (Å²) in [6.45, 7) is 9.01. The third-order valence-corrected chi connectivity index (χ3v) is 3.61. The van der Waals surface area contributed by atoms with E-state index in [1.165, 1.54) is 62.9 Å². The number of nitrogens with one attached hydrogen (secondary N) is 1. The number of unbranched alkanes of at least 4 members (excludes halogenated alkanes) is 3. The molecule has 114 valence electrons. The highest BCUT2D eigenvalue weighted by atomic mass is 15.1. The van der Waals surface area contributed by atoms with Crippen LogP contribution >= 0.6 is 0 Å². The Hall–Kier alpha value is -0.860. The van der Waals surface area contributed by atoms with Gasteiger partial charge in [0.05, 0.1) is 0 Å². The van der Waals surface area contributed by atoms with Gasteiger partial charge in [0.2, 0.25) is 0 Å². The highest BCUT2D eigenvalue weighted by molar-refractivity contribution is 5.21. The Balaban J connectivity index is 2.01. The molecule has 1 rings (SSSR count). The van der Waals surface area contributed by atoms with Gasteiger partial charge in [-0.1, -0.05) is 49.6 Å². The van der Waals surface area contributed by atoms with Gasteiger partial charge in [-0.3, -0.25) is 0 Å². The molecule has 0 amide bonds. The second kappa shape index (κ2) is 10.9. The van der Waals surface area contributed by atoms with Gasteiger partial charge in [0, 0.05) is 6.54 Å². The topological polar surface area (TPSA) is 15.3 Å². The molecule has 0 saturated heterocycles. The number of hydrogen-bond donors (Lipinski definition) is 1. The predicted octanol–water partition coefficient (Wildman–Crippen LogP) is 3.99. The summed E-state index contributed by atoms with van der Waals surface area (Å²) in [6.07, 6.45) is 6.59. The second-order valence-electron chi connectivity index (χ2n) is 5.89. The number of nitrogens with zero attached hydrogens (tertiary/aromatic N) is 1. The first-order chi connectivity index (χ1) is 9.72. The summed E-state index contributed by atoms with van der Waals surface area (Å²) in [5, 5.41) is 3.46. The summed E-state index contributed by atoms with van der Waals surface area (Å²) in [6, 6.07) is 8.83. The maximum absolute atomic E-state index is 3.46. The van der Waals surface area contributed by atoms with E-state index in [0.29, 0.717) is 0 Å². The molecular weight excluding hydrogens is 244 g/mol. The molecule has 2 nitrogen and oxygen atoms in total. The van der Waals surface area contributed by atoms with E-state index in [1.807, 2.05) is 0 Å². The van der Waals surface area contributed by atoms with Crippen LogP contribution in [-0.2, 0) is 6.54 Å². The predicted molar refractivity (Wildman–Crippen MR) is 89.1 cm³/mol. The van der Waals surface area contributed by atoms with Crippen molar-refractivity contribution in [1.29, 1.82) is 0 Å². The van der Waals surface area contributed by atoms with Gasteiger partial charge < -0.3 is 10.2 Å². The Labute approximate surface area is 125 Å². The van der Waals surface area contributed by atoms with Crippen LogP contribution in [0.2, 0.25) is 0 Å². The summed E-state index contributed by atoms with van der Waals surface area (Å²) in [4.78, 5) is 2.43. The van der Waals surface area contributed by atoms with Crippen LogP contribution in [-0.4, -0.2) is 31.6 Å². The van der Waals surface area contributed by atoms with Crippen molar-refractivity contribution in [2.75, 3.05) is 26.7 Å². The average molecular weight is 276 g/mol. The molecular formula is C18H32N2. The molecule has 0 aliphatic rings. The van der Waals surface area contributed by atoms with Crippen LogP contribution in [0.25, 0.3) is 0 Å². The van der Waals surface area contributed by atoms with Crippen LogP contribution in [0.1, 0.15) is 50.2 Å². The van der Waals surface area contributed by atoms with Crippen LogP contribution in [0.15, 0.2) is 24.3 Å². The molecule has 1 aromatic rings. The maximum Gasteiger partial charge on any atom is 0.0230 e. The van der Waals surface area contributed by atoms with Crippen molar-refractivity contribution in [1.82, 2.24) is 10.2 Å². The molecule has 1 aromatic carbocycles. The van der Waals surface area contributed by atoms with Crippen molar-refractivity contribution in [2.45, 2.75) is 52.5 Å². The second-order valence-corrected chi connectivity index (χ2v) is 5.89. The highest BCUT2D eigenvalue weighted by Gasteiger charge is 2.00. The molecule has 2 heteroatoms. The fourth-order valence-corrected chi connectivity index (χ4v) is 2.49. The first kappa shape index (κ1) is 17.2. The molecule has 0 aliphatic heterocycles. The molecule has 0 radical (unpaired) electrons. The lowest BCUT2D eigenvalue weighted by atomic mass is 10.1. The van der Waals surface area contributed by atoms with Gasteiger partial charge in [0.25, 0.3) is 0 Å². The molecule has 0 aliphatic carbocycles. The number of benzene rings is 1. The quantitative estimate of drug-likeness (QED) is 0.615. The fraction of sp³-hybridized carbons (Fsp3) is 0.667. The van der Waals surface area contributed by atoms with Crippen LogP contribution in [0.5, 0.6) is 0 Å². The van der Waals surface area contributed by atoms with Gasteiger partial charge in [0.1, 0.15) is 0 Å². The molecule has 0 fully saturated rings. The summed E-state index contributed by atoms with van der Waals surface area (Å²) in [5.41, 5.74) is 2.78. The molecule has 0 unspecified atom stereocenters. The number of rotatable bonds is 11. The van der Waals surface area contributed by atoms with E-state index in [4.69, 9.17) is 0 Å². The summed E-state index contributed by atoms with van der Waals surface area (Å²) in [7, 11) is 2.23. The molecule has 0 aromatic heterocycles. The molecule has 0 saturated carbocycles. The molecule has 0 atom stereocenters. The van der Waals surface area contributed by atoms with E-state index in [0.717, 1.165) is 6.54 Å². The smallest absolute Gasteiger partial charge is 0.0230 e. The lowest BCUT2D eigenvalue weighted by Gasteiger charge is -2.16. The van der Waals surface area contributed by atoms with Crippen molar-refractivity contribution in [3.05, 3.63) is 35.4 Å². The summed E-state index contributed by atoms with van der Waals surface area (Å²) < 4.78 is 0. The number of aryl methyl sites for hydroxylation is 1. The molecule has 0 heterocycles. The largest absolute Gasteiger partial charge is 0.317 e. The van der Waals surface area contributed by atoms with Crippen molar-refractivity contribution in [3.8, 4) is 0 Å².